The van der Waals surface area contributed by atoms with E-state index >= 15 is 0 Å². The third kappa shape index (κ3) is 3.72. The van der Waals surface area contributed by atoms with Crippen LogP contribution in [0.25, 0.3) is 22.9 Å². The van der Waals surface area contributed by atoms with E-state index in [1.807, 2.05) is 48.5 Å². The number of piperidine rings is 1. The summed E-state index contributed by atoms with van der Waals surface area (Å²) < 4.78 is 5.18. The lowest BCUT2D eigenvalue weighted by molar-refractivity contribution is 0.414. The van der Waals surface area contributed by atoms with Crippen LogP contribution in [0.3, 0.4) is 0 Å². The number of para-hydroxylation sites is 2. The molecule has 1 fully saturated rings. The van der Waals surface area contributed by atoms with Crippen molar-refractivity contribution < 1.29 is 9.84 Å². The van der Waals surface area contributed by atoms with E-state index in [0.29, 0.717) is 5.69 Å². The normalized spacial score (nSPS) is 15.1. The molecule has 1 saturated heterocycles. The molecule has 5 heteroatoms. The summed E-state index contributed by atoms with van der Waals surface area (Å²) in [5.41, 5.74) is 3.12. The van der Waals surface area contributed by atoms with Crippen molar-refractivity contribution >= 4 is 28.7 Å². The first kappa shape index (κ1) is 17.3. The van der Waals surface area contributed by atoms with Crippen LogP contribution in [0.2, 0.25) is 0 Å². The number of aliphatic hydroxyl groups is 1. The van der Waals surface area contributed by atoms with Gasteiger partial charge in [-0.1, -0.05) is 12.1 Å². The molecule has 4 rings (SSSR count). The molecule has 1 aromatic heterocycles. The van der Waals surface area contributed by atoms with Gasteiger partial charge in [-0.2, -0.15) is 0 Å². The lowest BCUT2D eigenvalue weighted by Gasteiger charge is -2.28. The molecule has 27 heavy (non-hydrogen) atoms. The molecule has 5 nitrogen and oxygen atoms in total. The number of ether oxygens (including phenoxy) is 1. The molecule has 138 valence electrons. The molecule has 2 aromatic carbocycles. The highest BCUT2D eigenvalue weighted by Gasteiger charge is 2.18. The van der Waals surface area contributed by atoms with E-state index in [1.165, 1.54) is 6.42 Å². The van der Waals surface area contributed by atoms with Crippen LogP contribution in [0.5, 0.6) is 5.75 Å². The van der Waals surface area contributed by atoms with Gasteiger partial charge in [0.2, 0.25) is 0 Å². The maximum atomic E-state index is 10.7. The highest BCUT2D eigenvalue weighted by Crippen LogP contribution is 2.27. The van der Waals surface area contributed by atoms with Crippen LogP contribution in [0.4, 0.5) is 5.82 Å². The Bertz CT molecular complexity index is 961. The second-order valence-corrected chi connectivity index (χ2v) is 6.73. The highest BCUT2D eigenvalue weighted by atomic mass is 16.5. The summed E-state index contributed by atoms with van der Waals surface area (Å²) in [7, 11) is 1.63. The van der Waals surface area contributed by atoms with Gasteiger partial charge >= 0.3 is 0 Å². The summed E-state index contributed by atoms with van der Waals surface area (Å²) in [6, 6.07) is 15.2. The molecule has 1 aliphatic heterocycles. The quantitative estimate of drug-likeness (QED) is 0.684. The average molecular weight is 361 g/mol. The van der Waals surface area contributed by atoms with Crippen molar-refractivity contribution in [3.63, 3.8) is 0 Å². The van der Waals surface area contributed by atoms with E-state index < -0.39 is 0 Å². The molecule has 0 saturated carbocycles. The minimum atomic E-state index is 0.167. The van der Waals surface area contributed by atoms with E-state index in [9.17, 15) is 5.11 Å². The molecule has 0 spiro atoms. The third-order valence-corrected chi connectivity index (χ3v) is 4.89. The molecule has 0 bridgehead atoms. The van der Waals surface area contributed by atoms with Crippen molar-refractivity contribution in [2.75, 3.05) is 25.1 Å². The fourth-order valence-electron chi connectivity index (χ4n) is 3.41. The number of anilines is 1. The van der Waals surface area contributed by atoms with Gasteiger partial charge in [0, 0.05) is 24.7 Å². The Morgan fingerprint density at radius 1 is 0.963 bits per heavy atom. The summed E-state index contributed by atoms with van der Waals surface area (Å²) >= 11 is 0. The van der Waals surface area contributed by atoms with Gasteiger partial charge in [-0.05, 0) is 55.7 Å². The van der Waals surface area contributed by atoms with Gasteiger partial charge in [-0.15, -0.1) is 0 Å². The van der Waals surface area contributed by atoms with Gasteiger partial charge < -0.3 is 14.7 Å². The molecule has 0 radical (unpaired) electrons. The molecule has 1 N–H and O–H groups in total. The van der Waals surface area contributed by atoms with Crippen molar-refractivity contribution in [2.24, 2.45) is 0 Å². The molecule has 2 heterocycles. The van der Waals surface area contributed by atoms with Gasteiger partial charge in [0.25, 0.3) is 0 Å². The van der Waals surface area contributed by atoms with Crippen LogP contribution in [0.15, 0.2) is 48.5 Å². The first-order chi connectivity index (χ1) is 13.2. The SMILES string of the molecule is COc1ccc(/C(O)=C/c2nc3ccccc3nc2N2CCCCC2)cc1. The minimum absolute atomic E-state index is 0.167. The van der Waals surface area contributed by atoms with Crippen molar-refractivity contribution in [3.05, 3.63) is 59.8 Å². The van der Waals surface area contributed by atoms with Crippen molar-refractivity contribution in [1.82, 2.24) is 9.97 Å². The number of hydrogen-bond donors (Lipinski definition) is 1. The maximum absolute atomic E-state index is 10.7. The molecule has 3 aromatic rings. The summed E-state index contributed by atoms with van der Waals surface area (Å²) in [5.74, 6) is 1.76. The number of benzene rings is 2. The van der Waals surface area contributed by atoms with Crippen LogP contribution in [0, 0.1) is 0 Å². The van der Waals surface area contributed by atoms with E-state index in [1.54, 1.807) is 13.2 Å². The molecule has 1 aliphatic rings. The van der Waals surface area contributed by atoms with Gasteiger partial charge in [0.05, 0.1) is 18.1 Å². The van der Waals surface area contributed by atoms with Gasteiger partial charge in [-0.3, -0.25) is 0 Å². The first-order valence-corrected chi connectivity index (χ1v) is 9.31. The second-order valence-electron chi connectivity index (χ2n) is 6.73. The summed E-state index contributed by atoms with van der Waals surface area (Å²) in [6.07, 6.45) is 5.27. The highest BCUT2D eigenvalue weighted by molar-refractivity contribution is 5.84. The predicted molar refractivity (Wildman–Crippen MR) is 109 cm³/mol. The van der Waals surface area contributed by atoms with E-state index in [-0.39, 0.29) is 5.76 Å². The lowest BCUT2D eigenvalue weighted by atomic mass is 10.1. The number of aliphatic hydroxyl groups excluding tert-OH is 1. The maximum Gasteiger partial charge on any atom is 0.155 e. The summed E-state index contributed by atoms with van der Waals surface area (Å²) in [5, 5.41) is 10.7. The standard InChI is InChI=1S/C22H23N3O2/c1-27-17-11-9-16(10-12-17)21(26)15-20-22(25-13-5-2-6-14-25)24-19-8-4-3-7-18(19)23-20/h3-4,7-12,15,26H,2,5-6,13-14H2,1H3/b21-15-. The number of aromatic nitrogens is 2. The number of rotatable bonds is 4. The molecule has 0 unspecified atom stereocenters. The first-order valence-electron chi connectivity index (χ1n) is 9.31. The number of methoxy groups -OCH3 is 1. The third-order valence-electron chi connectivity index (χ3n) is 4.89. The molecular weight excluding hydrogens is 338 g/mol. The zero-order chi connectivity index (χ0) is 18.6. The van der Waals surface area contributed by atoms with Crippen LogP contribution in [0.1, 0.15) is 30.5 Å². The van der Waals surface area contributed by atoms with Gasteiger partial charge in [-0.25, -0.2) is 9.97 Å². The Labute approximate surface area is 159 Å². The van der Waals surface area contributed by atoms with Crippen LogP contribution in [-0.2, 0) is 0 Å². The van der Waals surface area contributed by atoms with Gasteiger partial charge in [0.1, 0.15) is 17.2 Å². The zero-order valence-corrected chi connectivity index (χ0v) is 15.4. The smallest absolute Gasteiger partial charge is 0.155 e. The summed E-state index contributed by atoms with van der Waals surface area (Å²) in [4.78, 5) is 11.9. The lowest BCUT2D eigenvalue weighted by Crippen LogP contribution is -2.31. The van der Waals surface area contributed by atoms with Crippen LogP contribution >= 0.6 is 0 Å². The van der Waals surface area contributed by atoms with Crippen molar-refractivity contribution in [1.29, 1.82) is 0 Å². The minimum Gasteiger partial charge on any atom is -0.507 e. The monoisotopic (exact) mass is 361 g/mol. The van der Waals surface area contributed by atoms with Crippen LogP contribution in [-0.4, -0.2) is 35.3 Å². The Kier molecular flexibility index (Phi) is 4.92. The summed E-state index contributed by atoms with van der Waals surface area (Å²) in [6.45, 7) is 1.94. The average Bonchev–Trinajstić information content (AvgIpc) is 2.74. The second kappa shape index (κ2) is 7.66. The topological polar surface area (TPSA) is 58.5 Å². The molecule has 0 atom stereocenters. The van der Waals surface area contributed by atoms with E-state index in [2.05, 4.69) is 4.90 Å². The Morgan fingerprint density at radius 3 is 2.30 bits per heavy atom. The predicted octanol–water partition coefficient (Wildman–Crippen LogP) is 4.68. The fraction of sp³-hybridized carbons (Fsp3) is 0.273. The molecule has 0 aliphatic carbocycles. The van der Waals surface area contributed by atoms with Crippen LogP contribution < -0.4 is 9.64 Å². The number of nitrogens with zero attached hydrogens (tertiary/aromatic N) is 3. The fourth-order valence-corrected chi connectivity index (χ4v) is 3.41. The largest absolute Gasteiger partial charge is 0.507 e. The zero-order valence-electron chi connectivity index (χ0n) is 15.4. The Morgan fingerprint density at radius 2 is 1.63 bits per heavy atom. The Balaban J connectivity index is 1.77. The number of hydrogen-bond acceptors (Lipinski definition) is 5. The number of fused-ring (bicyclic) bond motifs is 1. The van der Waals surface area contributed by atoms with Crippen molar-refractivity contribution in [3.8, 4) is 5.75 Å². The molecule has 0 amide bonds. The van der Waals surface area contributed by atoms with Gasteiger partial charge in [0.15, 0.2) is 5.82 Å². The van der Waals surface area contributed by atoms with E-state index in [4.69, 9.17) is 14.7 Å². The van der Waals surface area contributed by atoms with E-state index in [0.717, 1.165) is 54.1 Å². The molecular formula is C22H23N3O2. The Hall–Kier alpha value is -3.08. The van der Waals surface area contributed by atoms with Crippen molar-refractivity contribution in [2.45, 2.75) is 19.3 Å².